The molecular weight excluding hydrogens is 372 g/mol. The molecule has 0 N–H and O–H groups in total. The first-order valence-corrected chi connectivity index (χ1v) is 9.48. The monoisotopic (exact) mass is 388 g/mol. The second-order valence-corrected chi connectivity index (χ2v) is 7.95. The Hall–Kier alpha value is -2.15. The molecule has 0 aliphatic carbocycles. The van der Waals surface area contributed by atoms with Gasteiger partial charge in [0.25, 0.3) is 5.91 Å². The van der Waals surface area contributed by atoms with Gasteiger partial charge in [-0.3, -0.25) is 9.59 Å². The van der Waals surface area contributed by atoms with Crippen molar-refractivity contribution in [1.82, 2.24) is 9.80 Å². The maximum absolute atomic E-state index is 13.2. The lowest BCUT2D eigenvalue weighted by Gasteiger charge is -2.25. The Labute approximate surface area is 159 Å². The van der Waals surface area contributed by atoms with Crippen molar-refractivity contribution in [2.45, 2.75) is 6.04 Å². The molecule has 2 aromatic heterocycles. The lowest BCUT2D eigenvalue weighted by atomic mass is 10.0. The number of thiophene rings is 1. The number of amides is 1. The molecule has 3 heterocycles. The third-order valence-electron chi connectivity index (χ3n) is 4.53. The zero-order valence-corrected chi connectivity index (χ0v) is 15.9. The van der Waals surface area contributed by atoms with Crippen LogP contribution in [0.25, 0.3) is 11.0 Å². The van der Waals surface area contributed by atoms with Crippen LogP contribution in [0.15, 0.2) is 44.9 Å². The Bertz CT molecular complexity index is 1040. The van der Waals surface area contributed by atoms with Crippen LogP contribution in [0.2, 0.25) is 5.02 Å². The highest BCUT2D eigenvalue weighted by Crippen LogP contribution is 2.39. The van der Waals surface area contributed by atoms with Crippen molar-refractivity contribution >= 4 is 39.8 Å². The maximum atomic E-state index is 13.2. The van der Waals surface area contributed by atoms with Crippen molar-refractivity contribution in [3.05, 3.63) is 67.2 Å². The Kier molecular flexibility index (Phi) is 4.34. The SMILES string of the molecule is CN(C)CCN1C(=O)c2oc3ccc(Cl)cc3c(=O)c2[C@@H]1c1cccs1. The number of carbonyl (C=O) groups excluding carboxylic acids is 1. The third-order valence-corrected chi connectivity index (χ3v) is 5.69. The van der Waals surface area contributed by atoms with E-state index in [1.165, 1.54) is 11.3 Å². The molecular formula is C19H17ClN2O3S. The highest BCUT2D eigenvalue weighted by atomic mass is 35.5. The molecule has 1 aliphatic rings. The molecule has 0 spiro atoms. The fourth-order valence-corrected chi connectivity index (χ4v) is 4.29. The van der Waals surface area contributed by atoms with Gasteiger partial charge in [0.2, 0.25) is 5.76 Å². The van der Waals surface area contributed by atoms with Gasteiger partial charge in [-0.1, -0.05) is 17.7 Å². The average Bonchev–Trinajstić information content (AvgIpc) is 3.21. The average molecular weight is 389 g/mol. The van der Waals surface area contributed by atoms with Gasteiger partial charge >= 0.3 is 0 Å². The van der Waals surface area contributed by atoms with E-state index in [2.05, 4.69) is 0 Å². The van der Waals surface area contributed by atoms with E-state index >= 15 is 0 Å². The van der Waals surface area contributed by atoms with Crippen LogP contribution in [0.4, 0.5) is 0 Å². The number of fused-ring (bicyclic) bond motifs is 2. The summed E-state index contributed by atoms with van der Waals surface area (Å²) in [5.74, 6) is -0.101. The number of nitrogens with zero attached hydrogens (tertiary/aromatic N) is 2. The molecule has 1 aliphatic heterocycles. The maximum Gasteiger partial charge on any atom is 0.290 e. The summed E-state index contributed by atoms with van der Waals surface area (Å²) in [6, 6.07) is 8.33. The standard InChI is InChI=1S/C19H17ClN2O3S/c1-21(2)7-8-22-16(14-4-3-9-26-14)15-17(23)12-10-11(20)5-6-13(12)25-18(15)19(22)24/h3-6,9-10,16H,7-8H2,1-2H3/t16-/m0/s1. The molecule has 1 amide bonds. The second kappa shape index (κ2) is 6.54. The Morgan fingerprint density at radius 1 is 1.27 bits per heavy atom. The molecule has 26 heavy (non-hydrogen) atoms. The van der Waals surface area contributed by atoms with Crippen LogP contribution < -0.4 is 5.43 Å². The Morgan fingerprint density at radius 2 is 2.08 bits per heavy atom. The van der Waals surface area contributed by atoms with Gasteiger partial charge in [0.1, 0.15) is 5.58 Å². The van der Waals surface area contributed by atoms with E-state index in [1.807, 2.05) is 36.5 Å². The summed E-state index contributed by atoms with van der Waals surface area (Å²) >= 11 is 7.59. The molecule has 1 atom stereocenters. The third kappa shape index (κ3) is 2.74. The zero-order chi connectivity index (χ0) is 18.4. The second-order valence-electron chi connectivity index (χ2n) is 6.53. The van der Waals surface area contributed by atoms with Gasteiger partial charge in [-0.25, -0.2) is 0 Å². The van der Waals surface area contributed by atoms with Crippen molar-refractivity contribution in [1.29, 1.82) is 0 Å². The van der Waals surface area contributed by atoms with Gasteiger partial charge < -0.3 is 14.2 Å². The fourth-order valence-electron chi connectivity index (χ4n) is 3.27. The van der Waals surface area contributed by atoms with Crippen molar-refractivity contribution < 1.29 is 9.21 Å². The highest BCUT2D eigenvalue weighted by Gasteiger charge is 2.42. The van der Waals surface area contributed by atoms with Crippen LogP contribution in [0.5, 0.6) is 0 Å². The lowest BCUT2D eigenvalue weighted by molar-refractivity contribution is 0.0718. The number of carbonyl (C=O) groups is 1. The summed E-state index contributed by atoms with van der Waals surface area (Å²) in [5.41, 5.74) is 0.597. The molecule has 0 unspecified atom stereocenters. The van der Waals surface area contributed by atoms with E-state index in [4.69, 9.17) is 16.0 Å². The molecule has 7 heteroatoms. The molecule has 134 valence electrons. The first-order valence-electron chi connectivity index (χ1n) is 8.22. The van der Waals surface area contributed by atoms with Gasteiger partial charge in [-0.05, 0) is 43.7 Å². The van der Waals surface area contributed by atoms with E-state index in [-0.39, 0.29) is 17.1 Å². The van der Waals surface area contributed by atoms with Gasteiger partial charge in [-0.2, -0.15) is 0 Å². The summed E-state index contributed by atoms with van der Waals surface area (Å²) in [5, 5.41) is 2.81. The minimum atomic E-state index is -0.419. The van der Waals surface area contributed by atoms with Crippen molar-refractivity contribution in [2.75, 3.05) is 27.2 Å². The van der Waals surface area contributed by atoms with Crippen LogP contribution in [-0.4, -0.2) is 42.9 Å². The number of halogens is 1. The van der Waals surface area contributed by atoms with E-state index in [1.54, 1.807) is 23.1 Å². The lowest BCUT2D eigenvalue weighted by Crippen LogP contribution is -2.35. The normalized spacial score (nSPS) is 16.7. The summed E-state index contributed by atoms with van der Waals surface area (Å²) in [4.78, 5) is 30.9. The molecule has 0 fully saturated rings. The molecule has 3 aromatic rings. The van der Waals surface area contributed by atoms with Crippen molar-refractivity contribution in [3.8, 4) is 0 Å². The molecule has 0 saturated carbocycles. The first kappa shape index (κ1) is 17.3. The zero-order valence-electron chi connectivity index (χ0n) is 14.4. The highest BCUT2D eigenvalue weighted by molar-refractivity contribution is 7.10. The van der Waals surface area contributed by atoms with E-state index in [0.717, 1.165) is 4.88 Å². The minimum absolute atomic E-state index is 0.141. The smallest absolute Gasteiger partial charge is 0.290 e. The molecule has 4 rings (SSSR count). The number of hydrogen-bond donors (Lipinski definition) is 0. The molecule has 5 nitrogen and oxygen atoms in total. The number of likely N-dealkylation sites (N-methyl/N-ethyl adjacent to an activating group) is 1. The topological polar surface area (TPSA) is 53.8 Å². The summed E-state index contributed by atoms with van der Waals surface area (Å²) in [7, 11) is 3.90. The first-order chi connectivity index (χ1) is 12.5. The number of rotatable bonds is 4. The molecule has 1 aromatic carbocycles. The van der Waals surface area contributed by atoms with E-state index in [9.17, 15) is 9.59 Å². The van der Waals surface area contributed by atoms with Crippen molar-refractivity contribution in [3.63, 3.8) is 0 Å². The van der Waals surface area contributed by atoms with E-state index in [0.29, 0.717) is 34.6 Å². The summed E-state index contributed by atoms with van der Waals surface area (Å²) < 4.78 is 5.86. The summed E-state index contributed by atoms with van der Waals surface area (Å²) in [6.45, 7) is 1.20. The van der Waals surface area contributed by atoms with Crippen molar-refractivity contribution in [2.24, 2.45) is 0 Å². The van der Waals surface area contributed by atoms with Gasteiger partial charge in [0, 0.05) is 23.0 Å². The van der Waals surface area contributed by atoms with Crippen LogP contribution in [-0.2, 0) is 0 Å². The fraction of sp³-hybridized carbons (Fsp3) is 0.263. The van der Waals surface area contributed by atoms with Crippen LogP contribution in [0.3, 0.4) is 0 Å². The predicted molar refractivity (Wildman–Crippen MR) is 103 cm³/mol. The predicted octanol–water partition coefficient (Wildman–Crippen LogP) is 3.61. The van der Waals surface area contributed by atoms with Crippen LogP contribution >= 0.6 is 22.9 Å². The van der Waals surface area contributed by atoms with E-state index < -0.39 is 6.04 Å². The largest absolute Gasteiger partial charge is 0.450 e. The van der Waals surface area contributed by atoms with Gasteiger partial charge in [-0.15, -0.1) is 11.3 Å². The van der Waals surface area contributed by atoms with Crippen LogP contribution in [0.1, 0.15) is 27.0 Å². The quantitative estimate of drug-likeness (QED) is 0.685. The number of hydrogen-bond acceptors (Lipinski definition) is 5. The summed E-state index contributed by atoms with van der Waals surface area (Å²) in [6.07, 6.45) is 0. The molecule has 0 bridgehead atoms. The van der Waals surface area contributed by atoms with Crippen LogP contribution in [0, 0.1) is 0 Å². The molecule has 0 saturated heterocycles. The van der Waals surface area contributed by atoms with Gasteiger partial charge in [0.15, 0.2) is 5.43 Å². The van der Waals surface area contributed by atoms with Gasteiger partial charge in [0.05, 0.1) is 17.0 Å². The Balaban J connectivity index is 1.94. The minimum Gasteiger partial charge on any atom is -0.450 e. The Morgan fingerprint density at radius 3 is 2.77 bits per heavy atom. The number of benzene rings is 1. The molecule has 0 radical (unpaired) electrons.